The fourth-order valence-corrected chi connectivity index (χ4v) is 2.34. The molecule has 0 aliphatic carbocycles. The Balaban J connectivity index is 2.06. The first-order valence-corrected chi connectivity index (χ1v) is 6.94. The van der Waals surface area contributed by atoms with Crippen LogP contribution in [0.25, 0.3) is 0 Å². The van der Waals surface area contributed by atoms with Crippen molar-refractivity contribution in [3.8, 4) is 0 Å². The second-order valence-electron chi connectivity index (χ2n) is 4.84. The molecule has 18 heavy (non-hydrogen) atoms. The first-order valence-electron chi connectivity index (χ1n) is 6.94. The summed E-state index contributed by atoms with van der Waals surface area (Å²) in [6.45, 7) is 10.2. The van der Waals surface area contributed by atoms with Gasteiger partial charge in [-0.25, -0.2) is 0 Å². The fourth-order valence-electron chi connectivity index (χ4n) is 2.34. The smallest absolute Gasteiger partial charge is 0.0641 e. The van der Waals surface area contributed by atoms with Gasteiger partial charge in [-0.3, -0.25) is 0 Å². The fraction of sp³-hybridized carbons (Fsp3) is 0.600. The molecule has 100 valence electrons. The lowest BCUT2D eigenvalue weighted by Crippen LogP contribution is -2.26. The van der Waals surface area contributed by atoms with Crippen LogP contribution in [-0.4, -0.2) is 32.8 Å². The zero-order valence-corrected chi connectivity index (χ0v) is 11.5. The predicted octanol–water partition coefficient (Wildman–Crippen LogP) is 2.33. The van der Waals surface area contributed by atoms with Crippen molar-refractivity contribution in [3.05, 3.63) is 29.3 Å². The van der Waals surface area contributed by atoms with Gasteiger partial charge in [0.2, 0.25) is 0 Å². The maximum absolute atomic E-state index is 5.50. The highest BCUT2D eigenvalue weighted by molar-refractivity contribution is 5.51. The molecule has 1 heterocycles. The van der Waals surface area contributed by atoms with Crippen molar-refractivity contribution < 1.29 is 4.74 Å². The van der Waals surface area contributed by atoms with E-state index in [-0.39, 0.29) is 0 Å². The summed E-state index contributed by atoms with van der Waals surface area (Å²) >= 11 is 0. The Hall–Kier alpha value is -1.06. The molecule has 1 aromatic rings. The van der Waals surface area contributed by atoms with Gasteiger partial charge in [0.05, 0.1) is 6.61 Å². The molecule has 0 unspecified atom stereocenters. The minimum atomic E-state index is 0.845. The van der Waals surface area contributed by atoms with Crippen LogP contribution in [0.4, 0.5) is 5.69 Å². The van der Waals surface area contributed by atoms with Crippen molar-refractivity contribution >= 4 is 5.69 Å². The highest BCUT2D eigenvalue weighted by Gasteiger charge is 2.10. The molecule has 0 amide bonds. The number of ether oxygens (including phenoxy) is 1. The first-order chi connectivity index (χ1) is 8.81. The third-order valence-corrected chi connectivity index (χ3v) is 3.48. The van der Waals surface area contributed by atoms with E-state index in [0.29, 0.717) is 0 Å². The molecular weight excluding hydrogens is 224 g/mol. The van der Waals surface area contributed by atoms with Crippen LogP contribution in [0.5, 0.6) is 0 Å². The van der Waals surface area contributed by atoms with Crippen LogP contribution in [0.15, 0.2) is 18.2 Å². The van der Waals surface area contributed by atoms with Crippen LogP contribution in [-0.2, 0) is 11.3 Å². The molecule has 1 fully saturated rings. The molecule has 1 aromatic carbocycles. The third kappa shape index (κ3) is 3.47. The lowest BCUT2D eigenvalue weighted by atomic mass is 10.1. The Morgan fingerprint density at radius 3 is 2.94 bits per heavy atom. The van der Waals surface area contributed by atoms with E-state index in [1.807, 2.05) is 0 Å². The molecule has 0 saturated carbocycles. The number of rotatable bonds is 4. The molecule has 1 N–H and O–H groups in total. The van der Waals surface area contributed by atoms with Gasteiger partial charge in [-0.05, 0) is 43.1 Å². The van der Waals surface area contributed by atoms with Gasteiger partial charge in [0, 0.05) is 31.9 Å². The van der Waals surface area contributed by atoms with Gasteiger partial charge in [-0.15, -0.1) is 0 Å². The molecule has 0 bridgehead atoms. The average molecular weight is 248 g/mol. The van der Waals surface area contributed by atoms with Crippen molar-refractivity contribution in [1.82, 2.24) is 5.32 Å². The SMILES string of the molecule is CCNCc1ccc(N2CCCOCC2)cc1C. The lowest BCUT2D eigenvalue weighted by molar-refractivity contribution is 0.152. The Labute approximate surface area is 110 Å². The molecule has 3 nitrogen and oxygen atoms in total. The summed E-state index contributed by atoms with van der Waals surface area (Å²) in [4.78, 5) is 2.43. The van der Waals surface area contributed by atoms with Crippen molar-refractivity contribution in [3.63, 3.8) is 0 Å². The molecule has 0 aromatic heterocycles. The molecule has 1 aliphatic rings. The highest BCUT2D eigenvalue weighted by atomic mass is 16.5. The number of nitrogens with one attached hydrogen (secondary N) is 1. The van der Waals surface area contributed by atoms with E-state index in [1.54, 1.807) is 0 Å². The molecule has 1 aliphatic heterocycles. The molecule has 2 rings (SSSR count). The number of benzene rings is 1. The van der Waals surface area contributed by atoms with Gasteiger partial charge in [-0.2, -0.15) is 0 Å². The minimum absolute atomic E-state index is 0.845. The lowest BCUT2D eigenvalue weighted by Gasteiger charge is -2.23. The molecule has 0 spiro atoms. The Morgan fingerprint density at radius 1 is 1.28 bits per heavy atom. The minimum Gasteiger partial charge on any atom is -0.380 e. The van der Waals surface area contributed by atoms with Crippen LogP contribution in [0.1, 0.15) is 24.5 Å². The van der Waals surface area contributed by atoms with Gasteiger partial charge >= 0.3 is 0 Å². The largest absolute Gasteiger partial charge is 0.380 e. The first kappa shape index (κ1) is 13.4. The van der Waals surface area contributed by atoms with E-state index < -0.39 is 0 Å². The van der Waals surface area contributed by atoms with E-state index >= 15 is 0 Å². The molecule has 3 heteroatoms. The molecular formula is C15H24N2O. The monoisotopic (exact) mass is 248 g/mol. The summed E-state index contributed by atoms with van der Waals surface area (Å²) in [5, 5.41) is 3.38. The normalized spacial score (nSPS) is 16.7. The summed E-state index contributed by atoms with van der Waals surface area (Å²) in [7, 11) is 0. The Bertz CT molecular complexity index is 371. The van der Waals surface area contributed by atoms with Crippen molar-refractivity contribution in [1.29, 1.82) is 0 Å². The van der Waals surface area contributed by atoms with Gasteiger partial charge in [0.15, 0.2) is 0 Å². The van der Waals surface area contributed by atoms with Crippen molar-refractivity contribution in [2.24, 2.45) is 0 Å². The van der Waals surface area contributed by atoms with Gasteiger partial charge in [-0.1, -0.05) is 13.0 Å². The third-order valence-electron chi connectivity index (χ3n) is 3.48. The molecule has 0 atom stereocenters. The quantitative estimate of drug-likeness (QED) is 0.885. The van der Waals surface area contributed by atoms with Gasteiger partial charge < -0.3 is 15.0 Å². The maximum atomic E-state index is 5.50. The van der Waals surface area contributed by atoms with E-state index in [9.17, 15) is 0 Å². The Kier molecular flexibility index (Phi) is 5.02. The second kappa shape index (κ2) is 6.76. The van der Waals surface area contributed by atoms with E-state index in [0.717, 1.165) is 45.8 Å². The standard InChI is InChI=1S/C15H24N2O/c1-3-16-12-14-5-6-15(11-13(14)2)17-7-4-9-18-10-8-17/h5-6,11,16H,3-4,7-10,12H2,1-2H3. The zero-order chi connectivity index (χ0) is 12.8. The van der Waals surface area contributed by atoms with Crippen LogP contribution in [0.3, 0.4) is 0 Å². The zero-order valence-electron chi connectivity index (χ0n) is 11.5. The number of nitrogens with zero attached hydrogens (tertiary/aromatic N) is 1. The molecule has 1 saturated heterocycles. The summed E-state index contributed by atoms with van der Waals surface area (Å²) in [5.41, 5.74) is 4.10. The van der Waals surface area contributed by atoms with Crippen LogP contribution >= 0.6 is 0 Å². The van der Waals surface area contributed by atoms with E-state index in [4.69, 9.17) is 4.74 Å². The van der Waals surface area contributed by atoms with E-state index in [1.165, 1.54) is 16.8 Å². The summed E-state index contributed by atoms with van der Waals surface area (Å²) < 4.78 is 5.50. The van der Waals surface area contributed by atoms with E-state index in [2.05, 4.69) is 42.3 Å². The second-order valence-corrected chi connectivity index (χ2v) is 4.84. The van der Waals surface area contributed by atoms with Crippen LogP contribution in [0.2, 0.25) is 0 Å². The highest BCUT2D eigenvalue weighted by Crippen LogP contribution is 2.20. The number of hydrogen-bond acceptors (Lipinski definition) is 3. The number of anilines is 1. The van der Waals surface area contributed by atoms with Crippen LogP contribution < -0.4 is 10.2 Å². The van der Waals surface area contributed by atoms with Gasteiger partial charge in [0.1, 0.15) is 0 Å². The summed E-state index contributed by atoms with van der Waals surface area (Å²) in [5.74, 6) is 0. The van der Waals surface area contributed by atoms with Crippen molar-refractivity contribution in [2.75, 3.05) is 37.7 Å². The Morgan fingerprint density at radius 2 is 2.17 bits per heavy atom. The average Bonchev–Trinajstić information content (AvgIpc) is 2.66. The van der Waals surface area contributed by atoms with Gasteiger partial charge in [0.25, 0.3) is 0 Å². The number of aryl methyl sites for hydroxylation is 1. The predicted molar refractivity (Wildman–Crippen MR) is 76.2 cm³/mol. The molecule has 0 radical (unpaired) electrons. The summed E-state index contributed by atoms with van der Waals surface area (Å²) in [6.07, 6.45) is 1.12. The topological polar surface area (TPSA) is 24.5 Å². The maximum Gasteiger partial charge on any atom is 0.0641 e. The summed E-state index contributed by atoms with van der Waals surface area (Å²) in [6, 6.07) is 6.79. The van der Waals surface area contributed by atoms with Crippen LogP contribution in [0, 0.1) is 6.92 Å². The number of hydrogen-bond donors (Lipinski definition) is 1. The van der Waals surface area contributed by atoms with Crippen molar-refractivity contribution in [2.45, 2.75) is 26.8 Å².